The Morgan fingerprint density at radius 1 is 1.44 bits per heavy atom. The van der Waals surface area contributed by atoms with Gasteiger partial charge in [-0.1, -0.05) is 26.3 Å². The van der Waals surface area contributed by atoms with E-state index >= 15 is 0 Å². The second-order valence-corrected chi connectivity index (χ2v) is 6.25. The number of primary amides is 1. The average molecular weight is 379 g/mol. The van der Waals surface area contributed by atoms with E-state index in [2.05, 4.69) is 16.5 Å². The predicted octanol–water partition coefficient (Wildman–Crippen LogP) is 4.25. The number of carbonyl (C=O) groups excluding carboxylic acids is 1. The van der Waals surface area contributed by atoms with E-state index in [0.717, 1.165) is 18.6 Å². The lowest BCUT2D eigenvalue weighted by Gasteiger charge is -2.20. The zero-order valence-electron chi connectivity index (χ0n) is 14.9. The third-order valence-electron chi connectivity index (χ3n) is 4.39. The number of carbonyl (C=O) groups is 1. The van der Waals surface area contributed by atoms with Crippen molar-refractivity contribution in [3.05, 3.63) is 41.6 Å². The summed E-state index contributed by atoms with van der Waals surface area (Å²) in [6, 6.07) is 6.36. The Labute approximate surface area is 154 Å². The summed E-state index contributed by atoms with van der Waals surface area (Å²) in [7, 11) is 0. The van der Waals surface area contributed by atoms with Crippen LogP contribution < -0.4 is 11.1 Å². The fourth-order valence-corrected chi connectivity index (χ4v) is 2.67. The first-order valence-corrected chi connectivity index (χ1v) is 8.37. The Balaban J connectivity index is 2.41. The lowest BCUT2D eigenvalue weighted by Crippen LogP contribution is -2.17. The van der Waals surface area contributed by atoms with Crippen molar-refractivity contribution in [1.29, 1.82) is 5.26 Å². The van der Waals surface area contributed by atoms with Crippen LogP contribution in [0.4, 0.5) is 24.7 Å². The zero-order chi connectivity index (χ0) is 20.2. The third kappa shape index (κ3) is 4.78. The van der Waals surface area contributed by atoms with Gasteiger partial charge in [0.15, 0.2) is 5.82 Å². The highest BCUT2D eigenvalue weighted by Gasteiger charge is 2.30. The van der Waals surface area contributed by atoms with Gasteiger partial charge >= 0.3 is 6.18 Å². The van der Waals surface area contributed by atoms with Crippen molar-refractivity contribution in [2.24, 2.45) is 11.7 Å². The van der Waals surface area contributed by atoms with Crippen LogP contribution in [0.2, 0.25) is 0 Å². The monoisotopic (exact) mass is 379 g/mol. The predicted molar refractivity (Wildman–Crippen MR) is 94.2 cm³/mol. The largest absolute Gasteiger partial charge is 0.416 e. The van der Waals surface area contributed by atoms with Gasteiger partial charge in [-0.15, -0.1) is 0 Å². The molecule has 1 heterocycles. The minimum absolute atomic E-state index is 0.0404. The number of amides is 1. The van der Waals surface area contributed by atoms with E-state index in [-0.39, 0.29) is 35.4 Å². The van der Waals surface area contributed by atoms with Crippen LogP contribution in [0.1, 0.15) is 48.7 Å². The molecule has 0 spiro atoms. The summed E-state index contributed by atoms with van der Waals surface area (Å²) in [6.07, 6.45) is -2.10. The number of nitriles is 1. The third-order valence-corrected chi connectivity index (χ3v) is 4.39. The van der Waals surface area contributed by atoms with E-state index in [9.17, 15) is 18.0 Å². The Morgan fingerprint density at radius 2 is 2.15 bits per heavy atom. The lowest BCUT2D eigenvalue weighted by molar-refractivity contribution is -0.137. The molecule has 1 aromatic carbocycles. The first kappa shape index (κ1) is 20.3. The molecular weight excluding hydrogens is 359 g/mol. The van der Waals surface area contributed by atoms with Gasteiger partial charge in [-0.3, -0.25) is 9.48 Å². The fourth-order valence-electron chi connectivity index (χ4n) is 2.67. The van der Waals surface area contributed by atoms with E-state index in [1.54, 1.807) is 0 Å². The average Bonchev–Trinajstić information content (AvgIpc) is 3.02. The summed E-state index contributed by atoms with van der Waals surface area (Å²) in [6.45, 7) is 3.92. The van der Waals surface area contributed by atoms with E-state index < -0.39 is 17.6 Å². The van der Waals surface area contributed by atoms with Gasteiger partial charge in [0, 0.05) is 11.9 Å². The normalized spacial score (nSPS) is 13.6. The molecule has 9 heteroatoms. The van der Waals surface area contributed by atoms with Gasteiger partial charge in [0.05, 0.1) is 24.1 Å². The lowest BCUT2D eigenvalue weighted by atomic mass is 9.97. The summed E-state index contributed by atoms with van der Waals surface area (Å²) in [5.74, 6) is -0.615. The van der Waals surface area contributed by atoms with Crippen LogP contribution in [0.15, 0.2) is 30.5 Å². The van der Waals surface area contributed by atoms with Gasteiger partial charge in [-0.05, 0) is 24.1 Å². The smallest absolute Gasteiger partial charge is 0.365 e. The summed E-state index contributed by atoms with van der Waals surface area (Å²) >= 11 is 0. The minimum atomic E-state index is -4.49. The first-order chi connectivity index (χ1) is 12.7. The van der Waals surface area contributed by atoms with Crippen molar-refractivity contribution >= 4 is 17.4 Å². The number of anilines is 2. The van der Waals surface area contributed by atoms with Crippen molar-refractivity contribution in [1.82, 2.24) is 9.78 Å². The van der Waals surface area contributed by atoms with Crippen molar-refractivity contribution in [3.63, 3.8) is 0 Å². The van der Waals surface area contributed by atoms with Crippen LogP contribution in [-0.4, -0.2) is 15.7 Å². The molecule has 2 rings (SSSR count). The number of nitrogens with zero attached hydrogens (tertiary/aromatic N) is 3. The molecule has 0 bridgehead atoms. The van der Waals surface area contributed by atoms with Gasteiger partial charge in [-0.2, -0.15) is 23.5 Å². The molecule has 27 heavy (non-hydrogen) atoms. The molecule has 0 aliphatic carbocycles. The maximum absolute atomic E-state index is 12.9. The number of nitrogens with one attached hydrogen (secondary N) is 1. The second kappa shape index (κ2) is 8.12. The molecule has 1 aromatic heterocycles. The van der Waals surface area contributed by atoms with Crippen LogP contribution in [0.3, 0.4) is 0 Å². The summed E-state index contributed by atoms with van der Waals surface area (Å²) in [5, 5.41) is 16.1. The number of halogens is 3. The molecule has 6 nitrogen and oxygen atoms in total. The topological polar surface area (TPSA) is 96.7 Å². The Morgan fingerprint density at radius 3 is 2.70 bits per heavy atom. The van der Waals surface area contributed by atoms with E-state index in [1.165, 1.54) is 23.0 Å². The SMILES string of the molecule is CCC(C)C(CC#N)n1cc(C(N)=O)c(Nc2cccc(C(F)(F)F)c2)n1. The number of nitrogens with two attached hydrogens (primary N) is 1. The van der Waals surface area contributed by atoms with Gasteiger partial charge in [0.25, 0.3) is 5.91 Å². The molecule has 0 aliphatic rings. The van der Waals surface area contributed by atoms with Crippen molar-refractivity contribution in [2.75, 3.05) is 5.32 Å². The maximum Gasteiger partial charge on any atom is 0.416 e. The maximum atomic E-state index is 12.9. The van der Waals surface area contributed by atoms with Crippen molar-refractivity contribution < 1.29 is 18.0 Å². The molecule has 0 saturated heterocycles. The summed E-state index contributed by atoms with van der Waals surface area (Å²) in [4.78, 5) is 11.8. The van der Waals surface area contributed by atoms with E-state index in [1.807, 2.05) is 13.8 Å². The zero-order valence-corrected chi connectivity index (χ0v) is 14.9. The standard InChI is InChI=1S/C18H20F3N5O/c1-3-11(2)15(7-8-22)26-10-14(16(23)27)17(25-26)24-13-6-4-5-12(9-13)18(19,20)21/h4-6,9-11,15H,3,7H2,1-2H3,(H2,23,27)(H,24,25). The number of hydrogen-bond acceptors (Lipinski definition) is 4. The molecule has 0 fully saturated rings. The second-order valence-electron chi connectivity index (χ2n) is 6.25. The molecule has 144 valence electrons. The number of aromatic nitrogens is 2. The molecule has 2 unspecified atom stereocenters. The Kier molecular flexibility index (Phi) is 6.10. The molecule has 0 radical (unpaired) electrons. The first-order valence-electron chi connectivity index (χ1n) is 8.37. The van der Waals surface area contributed by atoms with Gasteiger partial charge in [-0.25, -0.2) is 0 Å². The van der Waals surface area contributed by atoms with Crippen molar-refractivity contribution in [2.45, 2.75) is 38.9 Å². The molecule has 3 N–H and O–H groups in total. The van der Waals surface area contributed by atoms with Crippen LogP contribution in [0.25, 0.3) is 0 Å². The molecule has 2 atom stereocenters. The van der Waals surface area contributed by atoms with Crippen LogP contribution in [0, 0.1) is 17.2 Å². The number of alkyl halides is 3. The molecular formula is C18H20F3N5O. The van der Waals surface area contributed by atoms with Crippen LogP contribution >= 0.6 is 0 Å². The highest BCUT2D eigenvalue weighted by atomic mass is 19.4. The quantitative estimate of drug-likeness (QED) is 0.752. The number of rotatable bonds is 7. The van der Waals surface area contributed by atoms with Gasteiger partial charge in [0.2, 0.25) is 0 Å². The Bertz CT molecular complexity index is 853. The summed E-state index contributed by atoms with van der Waals surface area (Å²) in [5.41, 5.74) is 4.73. The molecule has 0 saturated carbocycles. The Hall–Kier alpha value is -3.02. The van der Waals surface area contributed by atoms with Crippen molar-refractivity contribution in [3.8, 4) is 6.07 Å². The molecule has 1 amide bonds. The molecule has 0 aliphatic heterocycles. The van der Waals surface area contributed by atoms with Crippen LogP contribution in [0.5, 0.6) is 0 Å². The number of benzene rings is 1. The number of hydrogen-bond donors (Lipinski definition) is 2. The van der Waals surface area contributed by atoms with E-state index in [4.69, 9.17) is 11.0 Å². The van der Waals surface area contributed by atoms with E-state index in [0.29, 0.717) is 0 Å². The highest BCUT2D eigenvalue weighted by molar-refractivity contribution is 5.98. The van der Waals surface area contributed by atoms with Gasteiger partial charge < -0.3 is 11.1 Å². The van der Waals surface area contributed by atoms with Crippen LogP contribution in [-0.2, 0) is 6.18 Å². The minimum Gasteiger partial charge on any atom is -0.365 e. The molecule has 2 aromatic rings. The highest BCUT2D eigenvalue weighted by Crippen LogP contribution is 2.32. The van der Waals surface area contributed by atoms with Gasteiger partial charge in [0.1, 0.15) is 5.56 Å². The summed E-state index contributed by atoms with van der Waals surface area (Å²) < 4.78 is 40.1. The fraction of sp³-hybridized carbons (Fsp3) is 0.389.